The van der Waals surface area contributed by atoms with Crippen LogP contribution in [0.2, 0.25) is 0 Å². The fourth-order valence-electron chi connectivity index (χ4n) is 1.44. The third-order valence-electron chi connectivity index (χ3n) is 2.27. The van der Waals surface area contributed by atoms with Crippen molar-refractivity contribution in [1.29, 1.82) is 0 Å². The van der Waals surface area contributed by atoms with Gasteiger partial charge in [-0.3, -0.25) is 4.79 Å². The highest BCUT2D eigenvalue weighted by Gasteiger charge is 2.14. The SMILES string of the molecule is Cn1nc(-c2cc(O)ccc2O)nc1SCC(=O)O. The predicted molar refractivity (Wildman–Crippen MR) is 68.1 cm³/mol. The molecular formula is C11H11N3O4S. The van der Waals surface area contributed by atoms with E-state index in [-0.39, 0.29) is 28.6 Å². The van der Waals surface area contributed by atoms with Crippen LogP contribution in [0.4, 0.5) is 0 Å². The van der Waals surface area contributed by atoms with E-state index in [2.05, 4.69) is 10.1 Å². The van der Waals surface area contributed by atoms with E-state index in [1.807, 2.05) is 0 Å². The summed E-state index contributed by atoms with van der Waals surface area (Å²) in [4.78, 5) is 14.6. The maximum Gasteiger partial charge on any atom is 0.313 e. The van der Waals surface area contributed by atoms with E-state index >= 15 is 0 Å². The summed E-state index contributed by atoms with van der Waals surface area (Å²) in [6, 6.07) is 4.03. The molecule has 0 amide bonds. The average molecular weight is 281 g/mol. The number of nitrogens with zero attached hydrogens (tertiary/aromatic N) is 3. The molecule has 0 aliphatic carbocycles. The average Bonchev–Trinajstić information content (AvgIpc) is 2.71. The topological polar surface area (TPSA) is 108 Å². The molecule has 0 saturated carbocycles. The number of carboxylic acids is 1. The molecule has 1 aromatic carbocycles. The second-order valence-electron chi connectivity index (χ2n) is 3.73. The van der Waals surface area contributed by atoms with Crippen LogP contribution in [0.15, 0.2) is 23.4 Å². The lowest BCUT2D eigenvalue weighted by Crippen LogP contribution is -2.00. The van der Waals surface area contributed by atoms with E-state index in [4.69, 9.17) is 5.11 Å². The first-order chi connectivity index (χ1) is 8.97. The first-order valence-corrected chi connectivity index (χ1v) is 6.24. The van der Waals surface area contributed by atoms with Gasteiger partial charge in [0, 0.05) is 7.05 Å². The van der Waals surface area contributed by atoms with Crippen LogP contribution in [0, 0.1) is 0 Å². The number of thioether (sulfide) groups is 1. The fraction of sp³-hybridized carbons (Fsp3) is 0.182. The van der Waals surface area contributed by atoms with Gasteiger partial charge in [0.25, 0.3) is 0 Å². The van der Waals surface area contributed by atoms with Crippen molar-refractivity contribution < 1.29 is 20.1 Å². The third kappa shape index (κ3) is 2.97. The van der Waals surface area contributed by atoms with Crippen LogP contribution < -0.4 is 0 Å². The molecule has 0 radical (unpaired) electrons. The Labute approximate surface area is 112 Å². The zero-order valence-corrected chi connectivity index (χ0v) is 10.8. The summed E-state index contributed by atoms with van der Waals surface area (Å²) < 4.78 is 1.42. The number of aliphatic carboxylic acids is 1. The summed E-state index contributed by atoms with van der Waals surface area (Å²) in [6.45, 7) is 0. The number of carboxylic acid groups (broad SMARTS) is 1. The van der Waals surface area contributed by atoms with Crippen molar-refractivity contribution in [2.45, 2.75) is 5.16 Å². The number of rotatable bonds is 4. The van der Waals surface area contributed by atoms with E-state index in [1.54, 1.807) is 7.05 Å². The molecule has 8 heteroatoms. The molecule has 1 heterocycles. The highest BCUT2D eigenvalue weighted by molar-refractivity contribution is 7.99. The van der Waals surface area contributed by atoms with Gasteiger partial charge in [0.1, 0.15) is 11.5 Å². The molecule has 2 rings (SSSR count). The van der Waals surface area contributed by atoms with E-state index < -0.39 is 5.97 Å². The molecular weight excluding hydrogens is 270 g/mol. The lowest BCUT2D eigenvalue weighted by atomic mass is 10.2. The van der Waals surface area contributed by atoms with Crippen LogP contribution in [0.3, 0.4) is 0 Å². The van der Waals surface area contributed by atoms with Gasteiger partial charge in [-0.15, -0.1) is 0 Å². The molecule has 0 aliphatic heterocycles. The quantitative estimate of drug-likeness (QED) is 0.568. The van der Waals surface area contributed by atoms with Crippen molar-refractivity contribution in [1.82, 2.24) is 14.8 Å². The molecule has 2 aromatic rings. The Morgan fingerprint density at radius 2 is 2.16 bits per heavy atom. The minimum absolute atomic E-state index is 0.0139. The second-order valence-corrected chi connectivity index (χ2v) is 4.67. The van der Waals surface area contributed by atoms with Crippen molar-refractivity contribution in [3.8, 4) is 22.9 Å². The number of hydrogen-bond acceptors (Lipinski definition) is 6. The summed E-state index contributed by atoms with van der Waals surface area (Å²) in [5.41, 5.74) is 0.290. The van der Waals surface area contributed by atoms with Crippen LogP contribution >= 0.6 is 11.8 Å². The van der Waals surface area contributed by atoms with Crippen molar-refractivity contribution in [2.24, 2.45) is 7.05 Å². The zero-order chi connectivity index (χ0) is 14.0. The molecule has 0 atom stereocenters. The molecule has 0 bridgehead atoms. The minimum atomic E-state index is -0.949. The summed E-state index contributed by atoms with van der Waals surface area (Å²) >= 11 is 1.03. The first kappa shape index (κ1) is 13.2. The van der Waals surface area contributed by atoms with Gasteiger partial charge < -0.3 is 15.3 Å². The Bertz CT molecular complexity index is 626. The number of benzene rings is 1. The Kier molecular flexibility index (Phi) is 3.61. The van der Waals surface area contributed by atoms with Gasteiger partial charge in [0.05, 0.1) is 11.3 Å². The van der Waals surface area contributed by atoms with Crippen LogP contribution in [0.5, 0.6) is 11.5 Å². The van der Waals surface area contributed by atoms with E-state index in [9.17, 15) is 15.0 Å². The van der Waals surface area contributed by atoms with E-state index in [0.29, 0.717) is 5.16 Å². The Morgan fingerprint density at radius 3 is 2.84 bits per heavy atom. The molecule has 3 N–H and O–H groups in total. The number of phenolic OH excluding ortho intramolecular Hbond substituents is 2. The molecule has 0 aliphatic rings. The maximum atomic E-state index is 10.5. The normalized spacial score (nSPS) is 10.6. The molecule has 0 saturated heterocycles. The standard InChI is InChI=1S/C11H11N3O4S/c1-14-11(19-5-9(17)18)12-10(13-14)7-4-6(15)2-3-8(7)16/h2-4,15-16H,5H2,1H3,(H,17,18). The number of hydrogen-bond donors (Lipinski definition) is 3. The molecule has 0 spiro atoms. The van der Waals surface area contributed by atoms with Gasteiger partial charge in [0.15, 0.2) is 11.0 Å². The largest absolute Gasteiger partial charge is 0.508 e. The van der Waals surface area contributed by atoms with Gasteiger partial charge in [-0.2, -0.15) is 5.10 Å². The van der Waals surface area contributed by atoms with Gasteiger partial charge in [-0.25, -0.2) is 9.67 Å². The van der Waals surface area contributed by atoms with Crippen LogP contribution in [-0.2, 0) is 11.8 Å². The van der Waals surface area contributed by atoms with Crippen molar-refractivity contribution >= 4 is 17.7 Å². The summed E-state index contributed by atoms with van der Waals surface area (Å²) in [5, 5.41) is 32.2. The highest BCUT2D eigenvalue weighted by atomic mass is 32.2. The number of aryl methyl sites for hydroxylation is 1. The predicted octanol–water partition coefficient (Wildman–Crippen LogP) is 1.07. The fourth-order valence-corrected chi connectivity index (χ4v) is 2.07. The number of aromatic nitrogens is 3. The zero-order valence-electron chi connectivity index (χ0n) is 9.94. The van der Waals surface area contributed by atoms with Gasteiger partial charge in [-0.1, -0.05) is 11.8 Å². The summed E-state index contributed by atoms with van der Waals surface area (Å²) in [5.74, 6) is -0.922. The second kappa shape index (κ2) is 5.19. The lowest BCUT2D eigenvalue weighted by molar-refractivity contribution is -0.133. The van der Waals surface area contributed by atoms with Crippen LogP contribution in [0.1, 0.15) is 0 Å². The Morgan fingerprint density at radius 1 is 1.42 bits per heavy atom. The summed E-state index contributed by atoms with van der Waals surface area (Å²) in [7, 11) is 1.63. The maximum absolute atomic E-state index is 10.5. The third-order valence-corrected chi connectivity index (χ3v) is 3.27. The van der Waals surface area contributed by atoms with Crippen molar-refractivity contribution in [3.05, 3.63) is 18.2 Å². The highest BCUT2D eigenvalue weighted by Crippen LogP contribution is 2.31. The van der Waals surface area contributed by atoms with Gasteiger partial charge in [0.2, 0.25) is 0 Å². The minimum Gasteiger partial charge on any atom is -0.508 e. The summed E-state index contributed by atoms with van der Waals surface area (Å²) in [6.07, 6.45) is 0. The van der Waals surface area contributed by atoms with Crippen molar-refractivity contribution in [2.75, 3.05) is 5.75 Å². The van der Waals surface area contributed by atoms with Crippen LogP contribution in [0.25, 0.3) is 11.4 Å². The molecule has 100 valence electrons. The monoisotopic (exact) mass is 281 g/mol. The lowest BCUT2D eigenvalue weighted by Gasteiger charge is -2.00. The van der Waals surface area contributed by atoms with E-state index in [1.165, 1.54) is 22.9 Å². The number of aromatic hydroxyl groups is 2. The Hall–Kier alpha value is -2.22. The van der Waals surface area contributed by atoms with Crippen molar-refractivity contribution in [3.63, 3.8) is 0 Å². The number of phenols is 2. The molecule has 0 unspecified atom stereocenters. The smallest absolute Gasteiger partial charge is 0.313 e. The van der Waals surface area contributed by atoms with Crippen LogP contribution in [-0.4, -0.2) is 41.8 Å². The van der Waals surface area contributed by atoms with Gasteiger partial charge >= 0.3 is 5.97 Å². The molecule has 7 nitrogen and oxygen atoms in total. The molecule has 1 aromatic heterocycles. The number of carbonyl (C=O) groups is 1. The van der Waals surface area contributed by atoms with E-state index in [0.717, 1.165) is 11.8 Å². The first-order valence-electron chi connectivity index (χ1n) is 5.25. The van der Waals surface area contributed by atoms with Gasteiger partial charge in [-0.05, 0) is 18.2 Å². The molecule has 0 fully saturated rings. The Balaban J connectivity index is 2.33. The molecule has 19 heavy (non-hydrogen) atoms.